The largest absolute Gasteiger partial charge is 0.480 e. The van der Waals surface area contributed by atoms with Crippen LogP contribution in [0.1, 0.15) is 45.2 Å². The Bertz CT molecular complexity index is 411. The summed E-state index contributed by atoms with van der Waals surface area (Å²) in [6, 6.07) is -0.917. The highest BCUT2D eigenvalue weighted by atomic mass is 16.4. The van der Waals surface area contributed by atoms with Gasteiger partial charge in [-0.05, 0) is 12.8 Å². The maximum atomic E-state index is 12.2. The van der Waals surface area contributed by atoms with Gasteiger partial charge in [0.15, 0.2) is 0 Å². The van der Waals surface area contributed by atoms with E-state index < -0.39 is 12.0 Å². The van der Waals surface area contributed by atoms with E-state index in [1.165, 1.54) is 6.33 Å². The van der Waals surface area contributed by atoms with Crippen molar-refractivity contribution in [3.63, 3.8) is 0 Å². The molecule has 1 aromatic heterocycles. The summed E-state index contributed by atoms with van der Waals surface area (Å²) >= 11 is 0. The second-order valence-corrected chi connectivity index (χ2v) is 4.95. The number of aromatic amines is 1. The lowest BCUT2D eigenvalue weighted by Gasteiger charge is -2.19. The summed E-state index contributed by atoms with van der Waals surface area (Å²) in [5, 5.41) is 11.9. The minimum Gasteiger partial charge on any atom is -0.480 e. The van der Waals surface area contributed by atoms with Gasteiger partial charge in [0.2, 0.25) is 5.91 Å². The molecular weight excluding hydrogens is 258 g/mol. The summed E-state index contributed by atoms with van der Waals surface area (Å²) in [5.41, 5.74) is 0.695. The van der Waals surface area contributed by atoms with E-state index >= 15 is 0 Å². The predicted octanol–water partition coefficient (Wildman–Crippen LogP) is 1.74. The number of carbonyl (C=O) groups excluding carboxylic acids is 1. The van der Waals surface area contributed by atoms with Crippen molar-refractivity contribution in [1.82, 2.24) is 15.3 Å². The number of nitrogens with zero attached hydrogens (tertiary/aromatic N) is 1. The molecule has 0 fully saturated rings. The number of nitrogens with one attached hydrogen (secondary N) is 2. The fourth-order valence-corrected chi connectivity index (χ4v) is 2.21. The minimum atomic E-state index is -1.03. The number of carboxylic acid groups (broad SMARTS) is 1. The summed E-state index contributed by atoms with van der Waals surface area (Å²) in [4.78, 5) is 30.1. The van der Waals surface area contributed by atoms with E-state index in [1.807, 2.05) is 13.8 Å². The molecule has 0 spiro atoms. The van der Waals surface area contributed by atoms with Crippen LogP contribution in [-0.4, -0.2) is 33.0 Å². The van der Waals surface area contributed by atoms with E-state index in [1.54, 1.807) is 6.20 Å². The van der Waals surface area contributed by atoms with Crippen LogP contribution in [0, 0.1) is 5.92 Å². The van der Waals surface area contributed by atoms with Crippen molar-refractivity contribution in [2.24, 2.45) is 5.92 Å². The van der Waals surface area contributed by atoms with Crippen LogP contribution in [-0.2, 0) is 16.0 Å². The number of amides is 1. The van der Waals surface area contributed by atoms with Crippen molar-refractivity contribution in [3.05, 3.63) is 18.2 Å². The molecule has 20 heavy (non-hydrogen) atoms. The molecule has 1 rings (SSSR count). The molecule has 1 unspecified atom stereocenters. The Balaban J connectivity index is 2.64. The number of aromatic nitrogens is 2. The maximum absolute atomic E-state index is 12.2. The normalized spacial score (nSPS) is 12.3. The first-order chi connectivity index (χ1) is 9.58. The van der Waals surface area contributed by atoms with Crippen LogP contribution < -0.4 is 5.32 Å². The van der Waals surface area contributed by atoms with Gasteiger partial charge in [-0.1, -0.05) is 26.7 Å². The Morgan fingerprint density at radius 1 is 1.35 bits per heavy atom. The van der Waals surface area contributed by atoms with Crippen molar-refractivity contribution in [1.29, 1.82) is 0 Å². The number of H-pyrrole nitrogens is 1. The number of rotatable bonds is 9. The lowest BCUT2D eigenvalue weighted by Crippen LogP contribution is -2.45. The third-order valence-electron chi connectivity index (χ3n) is 3.24. The Labute approximate surface area is 119 Å². The zero-order valence-electron chi connectivity index (χ0n) is 12.1. The van der Waals surface area contributed by atoms with Gasteiger partial charge < -0.3 is 15.4 Å². The van der Waals surface area contributed by atoms with Crippen LogP contribution in [0.2, 0.25) is 0 Å². The van der Waals surface area contributed by atoms with Gasteiger partial charge in [-0.2, -0.15) is 0 Å². The second kappa shape index (κ2) is 8.35. The number of carboxylic acids is 1. The number of imidazole rings is 1. The first-order valence-corrected chi connectivity index (χ1v) is 7.08. The Morgan fingerprint density at radius 3 is 2.45 bits per heavy atom. The minimum absolute atomic E-state index is 0.103. The maximum Gasteiger partial charge on any atom is 0.326 e. The number of hydrogen-bond acceptors (Lipinski definition) is 3. The summed E-state index contributed by atoms with van der Waals surface area (Å²) in [7, 11) is 0. The lowest BCUT2D eigenvalue weighted by molar-refractivity contribution is -0.142. The molecule has 0 saturated carbocycles. The van der Waals surface area contributed by atoms with Gasteiger partial charge in [0, 0.05) is 24.2 Å². The van der Waals surface area contributed by atoms with E-state index in [9.17, 15) is 14.7 Å². The molecule has 1 heterocycles. The molecule has 0 aromatic carbocycles. The van der Waals surface area contributed by atoms with Gasteiger partial charge in [0.1, 0.15) is 6.04 Å². The van der Waals surface area contributed by atoms with E-state index in [0.29, 0.717) is 5.69 Å². The molecule has 0 radical (unpaired) electrons. The summed E-state index contributed by atoms with van der Waals surface area (Å²) in [6.45, 7) is 4.05. The molecule has 1 aromatic rings. The molecule has 6 nitrogen and oxygen atoms in total. The third-order valence-corrected chi connectivity index (χ3v) is 3.24. The summed E-state index contributed by atoms with van der Waals surface area (Å²) in [5.74, 6) is -1.30. The molecule has 3 N–H and O–H groups in total. The second-order valence-electron chi connectivity index (χ2n) is 4.95. The molecule has 6 heteroatoms. The van der Waals surface area contributed by atoms with E-state index in [0.717, 1.165) is 25.7 Å². The number of hydrogen-bond donors (Lipinski definition) is 3. The van der Waals surface area contributed by atoms with Crippen LogP contribution in [0.25, 0.3) is 0 Å². The zero-order chi connectivity index (χ0) is 15.0. The van der Waals surface area contributed by atoms with Gasteiger partial charge in [0.05, 0.1) is 6.33 Å². The van der Waals surface area contributed by atoms with Crippen molar-refractivity contribution < 1.29 is 14.7 Å². The van der Waals surface area contributed by atoms with E-state index in [4.69, 9.17) is 0 Å². The van der Waals surface area contributed by atoms with E-state index in [2.05, 4.69) is 15.3 Å². The van der Waals surface area contributed by atoms with Crippen molar-refractivity contribution in [2.45, 2.75) is 52.0 Å². The van der Waals surface area contributed by atoms with Crippen molar-refractivity contribution in [2.75, 3.05) is 0 Å². The number of aliphatic carboxylic acids is 1. The lowest BCUT2D eigenvalue weighted by atomic mass is 9.96. The molecule has 0 aliphatic carbocycles. The summed E-state index contributed by atoms with van der Waals surface area (Å²) < 4.78 is 0. The van der Waals surface area contributed by atoms with Crippen LogP contribution in [0.3, 0.4) is 0 Å². The van der Waals surface area contributed by atoms with Crippen LogP contribution >= 0.6 is 0 Å². The molecular formula is C14H23N3O3. The average molecular weight is 281 g/mol. The predicted molar refractivity (Wildman–Crippen MR) is 75.2 cm³/mol. The highest BCUT2D eigenvalue weighted by molar-refractivity contribution is 5.85. The first-order valence-electron chi connectivity index (χ1n) is 7.08. The monoisotopic (exact) mass is 281 g/mol. The smallest absolute Gasteiger partial charge is 0.326 e. The average Bonchev–Trinajstić information content (AvgIpc) is 2.90. The third kappa shape index (κ3) is 5.03. The Morgan fingerprint density at radius 2 is 2.00 bits per heavy atom. The van der Waals surface area contributed by atoms with E-state index in [-0.39, 0.29) is 18.2 Å². The fraction of sp³-hybridized carbons (Fsp3) is 0.643. The van der Waals surface area contributed by atoms with Crippen molar-refractivity contribution >= 4 is 11.9 Å². The molecule has 0 aliphatic heterocycles. The number of carbonyl (C=O) groups is 2. The highest BCUT2D eigenvalue weighted by Crippen LogP contribution is 2.14. The Kier molecular flexibility index (Phi) is 6.76. The topological polar surface area (TPSA) is 95.1 Å². The van der Waals surface area contributed by atoms with Gasteiger partial charge in [-0.25, -0.2) is 9.78 Å². The van der Waals surface area contributed by atoms with Crippen LogP contribution in [0.5, 0.6) is 0 Å². The molecule has 0 saturated heterocycles. The van der Waals surface area contributed by atoms with Gasteiger partial charge in [0.25, 0.3) is 0 Å². The van der Waals surface area contributed by atoms with Crippen molar-refractivity contribution in [3.8, 4) is 0 Å². The standard InChI is InChI=1S/C14H23N3O3/c1-3-5-10(6-4-2)13(18)17-12(14(19)20)7-11-8-15-9-16-11/h8-10,12H,3-7H2,1-2H3,(H,15,16)(H,17,18)(H,19,20). The molecule has 1 atom stereocenters. The Hall–Kier alpha value is -1.85. The molecule has 112 valence electrons. The summed E-state index contributed by atoms with van der Waals surface area (Å²) in [6.07, 6.45) is 6.68. The van der Waals surface area contributed by atoms with Gasteiger partial charge in [-0.3, -0.25) is 4.79 Å². The van der Waals surface area contributed by atoms with Crippen LogP contribution in [0.15, 0.2) is 12.5 Å². The van der Waals surface area contributed by atoms with Gasteiger partial charge >= 0.3 is 5.97 Å². The molecule has 0 bridgehead atoms. The van der Waals surface area contributed by atoms with Gasteiger partial charge in [-0.15, -0.1) is 0 Å². The fourth-order valence-electron chi connectivity index (χ4n) is 2.21. The quantitative estimate of drug-likeness (QED) is 0.642. The van der Waals surface area contributed by atoms with Crippen LogP contribution in [0.4, 0.5) is 0 Å². The SMILES string of the molecule is CCCC(CCC)C(=O)NC(Cc1cnc[nH]1)C(=O)O. The molecule has 0 aliphatic rings. The highest BCUT2D eigenvalue weighted by Gasteiger charge is 2.24. The first kappa shape index (κ1) is 16.2. The molecule has 1 amide bonds. The zero-order valence-corrected chi connectivity index (χ0v) is 12.1.